The van der Waals surface area contributed by atoms with Crippen LogP contribution in [-0.2, 0) is 26.3 Å². The van der Waals surface area contributed by atoms with E-state index in [-0.39, 0.29) is 12.5 Å². The lowest BCUT2D eigenvalue weighted by Gasteiger charge is -2.35. The van der Waals surface area contributed by atoms with E-state index in [4.69, 9.17) is 18.9 Å². The van der Waals surface area contributed by atoms with Crippen molar-refractivity contribution >= 4 is 16.8 Å². The highest BCUT2D eigenvalue weighted by molar-refractivity contribution is 5.95. The van der Waals surface area contributed by atoms with Crippen molar-refractivity contribution in [3.63, 3.8) is 0 Å². The first kappa shape index (κ1) is 28.4. The third kappa shape index (κ3) is 6.19. The molecular weight excluding hydrogens is 496 g/mol. The fraction of sp³-hybridized carbons (Fsp3) is 0.387. The van der Waals surface area contributed by atoms with E-state index in [1.54, 1.807) is 28.4 Å². The maximum atomic E-state index is 13.8. The molecule has 1 aliphatic rings. The van der Waals surface area contributed by atoms with Crippen LogP contribution >= 0.6 is 0 Å². The van der Waals surface area contributed by atoms with Crippen molar-refractivity contribution < 1.29 is 28.8 Å². The maximum absolute atomic E-state index is 13.8. The molecule has 8 nitrogen and oxygen atoms in total. The molecule has 3 N–H and O–H groups in total. The molecule has 8 heteroatoms. The number of rotatable bonds is 13. The van der Waals surface area contributed by atoms with E-state index in [1.807, 2.05) is 60.8 Å². The summed E-state index contributed by atoms with van der Waals surface area (Å²) < 4.78 is 22.3. The molecule has 4 rings (SSSR count). The molecule has 3 aromatic rings. The molecule has 0 fully saturated rings. The number of aromatic amines is 1. The summed E-state index contributed by atoms with van der Waals surface area (Å²) in [5.74, 6) is 0.983. The van der Waals surface area contributed by atoms with Crippen LogP contribution in [-0.4, -0.2) is 63.7 Å². The van der Waals surface area contributed by atoms with E-state index in [1.165, 1.54) is 0 Å². The fourth-order valence-corrected chi connectivity index (χ4v) is 5.19. The van der Waals surface area contributed by atoms with Gasteiger partial charge in [0.05, 0.1) is 26.9 Å². The molecule has 1 amide bonds. The third-order valence-electron chi connectivity index (χ3n) is 7.38. The van der Waals surface area contributed by atoms with Crippen LogP contribution in [0.1, 0.15) is 30.4 Å². The Kier molecular flexibility index (Phi) is 9.45. The van der Waals surface area contributed by atoms with Crippen LogP contribution in [0.5, 0.6) is 11.5 Å². The summed E-state index contributed by atoms with van der Waals surface area (Å²) >= 11 is 0. The van der Waals surface area contributed by atoms with Crippen LogP contribution in [0.4, 0.5) is 0 Å². The lowest BCUT2D eigenvalue weighted by atomic mass is 9.79. The second kappa shape index (κ2) is 13.0. The predicted octanol–water partition coefficient (Wildman–Crippen LogP) is 4.43. The number of carbonyl (C=O) groups is 1. The normalized spacial score (nSPS) is 17.9. The minimum Gasteiger partial charge on any atom is -0.493 e. The van der Waals surface area contributed by atoms with Gasteiger partial charge in [-0.25, -0.2) is 0 Å². The van der Waals surface area contributed by atoms with Gasteiger partial charge < -0.3 is 34.4 Å². The van der Waals surface area contributed by atoms with Crippen LogP contribution in [0, 0.1) is 0 Å². The number of fused-ring (bicyclic) bond motifs is 1. The van der Waals surface area contributed by atoms with Gasteiger partial charge in [0.2, 0.25) is 5.91 Å². The summed E-state index contributed by atoms with van der Waals surface area (Å²) in [4.78, 5) is 17.1. The highest BCUT2D eigenvalue weighted by Crippen LogP contribution is 2.42. The van der Waals surface area contributed by atoms with E-state index >= 15 is 0 Å². The number of ether oxygens (including phenoxy) is 4. The summed E-state index contributed by atoms with van der Waals surface area (Å²) in [5.41, 5.74) is 3.60. The Bertz CT molecular complexity index is 1340. The molecule has 0 saturated carbocycles. The van der Waals surface area contributed by atoms with Crippen molar-refractivity contribution in [3.05, 3.63) is 83.1 Å². The SMILES string of the molecule is COCCCC1=C(C(=O)N[C@@H](CO)Cc2c[nH]c3ccccc23)CC(OC)(c2ccc(OC)c(OC)c2)C=C1. The standard InChI is InChI=1S/C31H38N2O6/c1-36-15-7-8-21-13-14-31(39-4,23-11-12-28(37-2)29(17-23)38-3)18-26(21)30(35)33-24(20-34)16-22-19-32-27-10-6-5-9-25(22)27/h5-6,9-14,17,19,24,32,34H,7-8,15-16,18,20H2,1-4H3,(H,33,35)/t24-,31?/m1/s1. The largest absolute Gasteiger partial charge is 0.493 e. The number of aliphatic hydroxyl groups excluding tert-OH is 1. The molecule has 0 aliphatic heterocycles. The number of para-hydroxylation sites is 1. The van der Waals surface area contributed by atoms with Crippen molar-refractivity contribution in [1.82, 2.24) is 10.3 Å². The molecular formula is C31H38N2O6. The van der Waals surface area contributed by atoms with Gasteiger partial charge in [-0.1, -0.05) is 30.3 Å². The minimum absolute atomic E-state index is 0.182. The number of nitrogens with one attached hydrogen (secondary N) is 2. The van der Waals surface area contributed by atoms with Crippen molar-refractivity contribution in [2.45, 2.75) is 37.3 Å². The summed E-state index contributed by atoms with van der Waals surface area (Å²) in [5, 5.41) is 14.4. The lowest BCUT2D eigenvalue weighted by Crippen LogP contribution is -2.42. The van der Waals surface area contributed by atoms with Crippen LogP contribution in [0.25, 0.3) is 10.9 Å². The number of H-pyrrole nitrogens is 1. The van der Waals surface area contributed by atoms with E-state index in [9.17, 15) is 9.90 Å². The third-order valence-corrected chi connectivity index (χ3v) is 7.38. The van der Waals surface area contributed by atoms with Gasteiger partial charge in [-0.3, -0.25) is 4.79 Å². The molecule has 0 spiro atoms. The highest BCUT2D eigenvalue weighted by atomic mass is 16.5. The second-order valence-corrected chi connectivity index (χ2v) is 9.69. The Balaban J connectivity index is 1.62. The Morgan fingerprint density at radius 3 is 2.62 bits per heavy atom. The van der Waals surface area contributed by atoms with Gasteiger partial charge in [0.15, 0.2) is 11.5 Å². The van der Waals surface area contributed by atoms with E-state index in [0.29, 0.717) is 42.9 Å². The molecule has 1 aliphatic carbocycles. The van der Waals surface area contributed by atoms with Gasteiger partial charge in [-0.2, -0.15) is 0 Å². The molecule has 0 bridgehead atoms. The monoisotopic (exact) mass is 534 g/mol. The molecule has 208 valence electrons. The first-order chi connectivity index (χ1) is 19.0. The van der Waals surface area contributed by atoms with Crippen molar-refractivity contribution in [2.75, 3.05) is 41.7 Å². The van der Waals surface area contributed by atoms with Gasteiger partial charge in [0.25, 0.3) is 0 Å². The Labute approximate surface area is 229 Å². The maximum Gasteiger partial charge on any atom is 0.247 e. The van der Waals surface area contributed by atoms with Crippen LogP contribution in [0.3, 0.4) is 0 Å². The predicted molar refractivity (Wildman–Crippen MR) is 151 cm³/mol. The summed E-state index contributed by atoms with van der Waals surface area (Å²) in [7, 11) is 6.49. The first-order valence-corrected chi connectivity index (χ1v) is 13.1. The zero-order valence-electron chi connectivity index (χ0n) is 23.1. The quantitative estimate of drug-likeness (QED) is 0.281. The molecule has 0 radical (unpaired) electrons. The van der Waals surface area contributed by atoms with Gasteiger partial charge >= 0.3 is 0 Å². The van der Waals surface area contributed by atoms with E-state index in [2.05, 4.69) is 10.3 Å². The van der Waals surface area contributed by atoms with E-state index < -0.39 is 11.6 Å². The van der Waals surface area contributed by atoms with Crippen molar-refractivity contribution in [2.24, 2.45) is 0 Å². The first-order valence-electron chi connectivity index (χ1n) is 13.1. The number of aromatic nitrogens is 1. The average Bonchev–Trinajstić information content (AvgIpc) is 3.39. The number of amides is 1. The molecule has 1 aromatic heterocycles. The Morgan fingerprint density at radius 2 is 1.90 bits per heavy atom. The molecule has 1 unspecified atom stereocenters. The van der Waals surface area contributed by atoms with Crippen LogP contribution < -0.4 is 14.8 Å². The minimum atomic E-state index is -0.872. The lowest BCUT2D eigenvalue weighted by molar-refractivity contribution is -0.119. The molecule has 2 atom stereocenters. The zero-order chi connectivity index (χ0) is 27.8. The Hall–Kier alpha value is -3.59. The molecule has 1 heterocycles. The number of benzene rings is 2. The second-order valence-electron chi connectivity index (χ2n) is 9.69. The van der Waals surface area contributed by atoms with Gasteiger partial charge in [0, 0.05) is 49.9 Å². The number of methoxy groups -OCH3 is 4. The molecule has 2 aromatic carbocycles. The highest BCUT2D eigenvalue weighted by Gasteiger charge is 2.37. The summed E-state index contributed by atoms with van der Waals surface area (Å²) in [6.45, 7) is 0.412. The number of carbonyl (C=O) groups excluding carboxylic acids is 1. The van der Waals surface area contributed by atoms with Gasteiger partial charge in [-0.05, 0) is 60.2 Å². The fourth-order valence-electron chi connectivity index (χ4n) is 5.19. The number of hydrogen-bond donors (Lipinski definition) is 3. The van der Waals surface area contributed by atoms with Crippen molar-refractivity contribution in [3.8, 4) is 11.5 Å². The van der Waals surface area contributed by atoms with E-state index in [0.717, 1.165) is 34.0 Å². The topological polar surface area (TPSA) is 102 Å². The molecule has 39 heavy (non-hydrogen) atoms. The average molecular weight is 535 g/mol. The van der Waals surface area contributed by atoms with Crippen molar-refractivity contribution in [1.29, 1.82) is 0 Å². The van der Waals surface area contributed by atoms with Gasteiger partial charge in [-0.15, -0.1) is 0 Å². The number of aliphatic hydroxyl groups is 1. The van der Waals surface area contributed by atoms with Crippen LogP contribution in [0.15, 0.2) is 72.0 Å². The summed E-state index contributed by atoms with van der Waals surface area (Å²) in [6.07, 6.45) is 8.21. The molecule has 0 saturated heterocycles. The number of hydrogen-bond acceptors (Lipinski definition) is 6. The van der Waals surface area contributed by atoms with Crippen LogP contribution in [0.2, 0.25) is 0 Å². The zero-order valence-corrected chi connectivity index (χ0v) is 23.1. The van der Waals surface area contributed by atoms with Gasteiger partial charge in [0.1, 0.15) is 5.60 Å². The summed E-state index contributed by atoms with van der Waals surface area (Å²) in [6, 6.07) is 13.2. The Morgan fingerprint density at radius 1 is 1.10 bits per heavy atom. The smallest absolute Gasteiger partial charge is 0.247 e. The number of allylic oxidation sites excluding steroid dienone is 2.